The van der Waals surface area contributed by atoms with E-state index in [0.29, 0.717) is 28.6 Å². The lowest BCUT2D eigenvalue weighted by Gasteiger charge is -2.10. The molecule has 0 aliphatic rings. The van der Waals surface area contributed by atoms with Crippen LogP contribution in [-0.2, 0) is 6.54 Å². The molecule has 1 aromatic heterocycles. The van der Waals surface area contributed by atoms with Crippen molar-refractivity contribution in [2.45, 2.75) is 6.54 Å². The Morgan fingerprint density at radius 3 is 2.58 bits per heavy atom. The van der Waals surface area contributed by atoms with Gasteiger partial charge < -0.3 is 4.74 Å². The molecule has 0 atom stereocenters. The number of benzene rings is 2. The second kappa shape index (κ2) is 6.84. The summed E-state index contributed by atoms with van der Waals surface area (Å²) in [6.07, 6.45) is 0. The van der Waals surface area contributed by atoms with E-state index in [2.05, 4.69) is 5.10 Å². The first-order valence-corrected chi connectivity index (χ1v) is 7.61. The lowest BCUT2D eigenvalue weighted by Crippen LogP contribution is -2.22. The Balaban J connectivity index is 2.00. The number of nitrogens with zero attached hydrogens (tertiary/aromatic N) is 2. The molecule has 3 aromatic rings. The van der Waals surface area contributed by atoms with Gasteiger partial charge in [0, 0.05) is 22.7 Å². The van der Waals surface area contributed by atoms with Crippen molar-refractivity contribution in [3.63, 3.8) is 0 Å². The van der Waals surface area contributed by atoms with Crippen molar-refractivity contribution in [2.75, 3.05) is 7.11 Å². The molecule has 0 N–H and O–H groups in total. The van der Waals surface area contributed by atoms with Gasteiger partial charge in [-0.25, -0.2) is 9.07 Å². The highest BCUT2D eigenvalue weighted by Gasteiger charge is 2.10. The van der Waals surface area contributed by atoms with Crippen LogP contribution in [0, 0.1) is 5.82 Å². The maximum Gasteiger partial charge on any atom is 0.267 e. The number of methoxy groups -OCH3 is 1. The first kappa shape index (κ1) is 16.2. The quantitative estimate of drug-likeness (QED) is 0.724. The number of hydrogen-bond donors (Lipinski definition) is 0. The zero-order valence-electron chi connectivity index (χ0n) is 12.9. The summed E-state index contributed by atoms with van der Waals surface area (Å²) < 4.78 is 19.9. The van der Waals surface area contributed by atoms with Crippen molar-refractivity contribution >= 4 is 11.6 Å². The second-order valence-electron chi connectivity index (χ2n) is 5.19. The molecule has 0 saturated carbocycles. The topological polar surface area (TPSA) is 44.1 Å². The number of rotatable bonds is 4. The standard InChI is InChI=1S/C18H14ClFN2O2/c1-24-17-10-14(20)6-7-15(17)16-8-9-18(23)22(21-16)11-12-2-4-13(19)5-3-12/h2-10H,11H2,1H3. The Labute approximate surface area is 143 Å². The molecule has 1 heterocycles. The Hall–Kier alpha value is -2.66. The van der Waals surface area contributed by atoms with Gasteiger partial charge in [-0.15, -0.1) is 0 Å². The summed E-state index contributed by atoms with van der Waals surface area (Å²) >= 11 is 5.87. The van der Waals surface area contributed by atoms with Gasteiger partial charge in [-0.05, 0) is 35.9 Å². The zero-order chi connectivity index (χ0) is 17.1. The number of hydrogen-bond acceptors (Lipinski definition) is 3. The van der Waals surface area contributed by atoms with E-state index in [1.165, 1.54) is 30.0 Å². The van der Waals surface area contributed by atoms with Gasteiger partial charge in [0.05, 0.1) is 19.3 Å². The third-order valence-corrected chi connectivity index (χ3v) is 3.80. The summed E-state index contributed by atoms with van der Waals surface area (Å²) in [6, 6.07) is 14.4. The minimum absolute atomic E-state index is 0.227. The van der Waals surface area contributed by atoms with E-state index in [0.717, 1.165) is 5.56 Å². The molecule has 0 bridgehead atoms. The first-order chi connectivity index (χ1) is 11.6. The molecule has 2 aromatic carbocycles. The fraction of sp³-hybridized carbons (Fsp3) is 0.111. The van der Waals surface area contributed by atoms with Crippen LogP contribution in [0.3, 0.4) is 0 Å². The second-order valence-corrected chi connectivity index (χ2v) is 5.62. The SMILES string of the molecule is COc1cc(F)ccc1-c1ccc(=O)n(Cc2ccc(Cl)cc2)n1. The molecular formula is C18H14ClFN2O2. The summed E-state index contributed by atoms with van der Waals surface area (Å²) in [5.41, 5.74) is 1.82. The molecule has 3 rings (SSSR count). The average Bonchev–Trinajstić information content (AvgIpc) is 2.59. The molecule has 24 heavy (non-hydrogen) atoms. The highest BCUT2D eigenvalue weighted by molar-refractivity contribution is 6.30. The van der Waals surface area contributed by atoms with Crippen LogP contribution < -0.4 is 10.3 Å². The molecule has 0 fully saturated rings. The van der Waals surface area contributed by atoms with Crippen molar-refractivity contribution in [1.29, 1.82) is 0 Å². The van der Waals surface area contributed by atoms with Gasteiger partial charge in [0.15, 0.2) is 0 Å². The number of halogens is 2. The van der Waals surface area contributed by atoms with Gasteiger partial charge in [-0.3, -0.25) is 4.79 Å². The van der Waals surface area contributed by atoms with Gasteiger partial charge in [-0.1, -0.05) is 23.7 Å². The van der Waals surface area contributed by atoms with E-state index in [1.807, 2.05) is 12.1 Å². The monoisotopic (exact) mass is 344 g/mol. The van der Waals surface area contributed by atoms with E-state index in [4.69, 9.17) is 16.3 Å². The summed E-state index contributed by atoms with van der Waals surface area (Å²) in [7, 11) is 1.46. The van der Waals surface area contributed by atoms with Crippen molar-refractivity contribution in [1.82, 2.24) is 9.78 Å². The van der Waals surface area contributed by atoms with Crippen LogP contribution in [0.5, 0.6) is 5.75 Å². The van der Waals surface area contributed by atoms with Crippen LogP contribution in [0.25, 0.3) is 11.3 Å². The third-order valence-electron chi connectivity index (χ3n) is 3.55. The summed E-state index contributed by atoms with van der Waals surface area (Å²) in [4.78, 5) is 12.1. The molecular weight excluding hydrogens is 331 g/mol. The van der Waals surface area contributed by atoms with Gasteiger partial charge in [0.25, 0.3) is 5.56 Å². The fourth-order valence-electron chi connectivity index (χ4n) is 2.35. The summed E-state index contributed by atoms with van der Waals surface area (Å²) in [5.74, 6) is -0.0377. The lowest BCUT2D eigenvalue weighted by molar-refractivity contribution is 0.412. The molecule has 0 aliphatic heterocycles. The Morgan fingerprint density at radius 1 is 1.12 bits per heavy atom. The minimum Gasteiger partial charge on any atom is -0.496 e. The van der Waals surface area contributed by atoms with Crippen LogP contribution in [0.4, 0.5) is 4.39 Å². The normalized spacial score (nSPS) is 10.6. The molecule has 0 aliphatic carbocycles. The average molecular weight is 345 g/mol. The highest BCUT2D eigenvalue weighted by Crippen LogP contribution is 2.28. The van der Waals surface area contributed by atoms with Crippen LogP contribution in [-0.4, -0.2) is 16.9 Å². The Bertz CT molecular complexity index is 923. The largest absolute Gasteiger partial charge is 0.496 e. The zero-order valence-corrected chi connectivity index (χ0v) is 13.6. The summed E-state index contributed by atoms with van der Waals surface area (Å²) in [5, 5.41) is 5.00. The predicted octanol–water partition coefficient (Wildman–Crippen LogP) is 3.76. The molecule has 0 spiro atoms. The van der Waals surface area contributed by atoms with E-state index < -0.39 is 5.82 Å². The first-order valence-electron chi connectivity index (χ1n) is 7.23. The maximum atomic E-state index is 13.3. The van der Waals surface area contributed by atoms with E-state index in [-0.39, 0.29) is 5.56 Å². The Morgan fingerprint density at radius 2 is 1.88 bits per heavy atom. The van der Waals surface area contributed by atoms with Gasteiger partial charge in [-0.2, -0.15) is 5.10 Å². The van der Waals surface area contributed by atoms with Crippen LogP contribution in [0.15, 0.2) is 59.4 Å². The van der Waals surface area contributed by atoms with Crippen LogP contribution >= 0.6 is 11.6 Å². The third kappa shape index (κ3) is 3.46. The van der Waals surface area contributed by atoms with Crippen molar-refractivity contribution in [3.8, 4) is 17.0 Å². The van der Waals surface area contributed by atoms with E-state index >= 15 is 0 Å². The molecule has 6 heteroatoms. The highest BCUT2D eigenvalue weighted by atomic mass is 35.5. The van der Waals surface area contributed by atoms with Crippen molar-refractivity contribution in [3.05, 3.63) is 81.4 Å². The van der Waals surface area contributed by atoms with E-state index in [9.17, 15) is 9.18 Å². The van der Waals surface area contributed by atoms with Crippen molar-refractivity contribution < 1.29 is 9.13 Å². The fourth-order valence-corrected chi connectivity index (χ4v) is 2.47. The molecule has 0 amide bonds. The molecule has 4 nitrogen and oxygen atoms in total. The lowest BCUT2D eigenvalue weighted by atomic mass is 10.1. The molecule has 0 radical (unpaired) electrons. The van der Waals surface area contributed by atoms with Gasteiger partial charge in [0.2, 0.25) is 0 Å². The molecule has 0 saturated heterocycles. The Kier molecular flexibility index (Phi) is 4.62. The summed E-state index contributed by atoms with van der Waals surface area (Å²) in [6.45, 7) is 0.313. The minimum atomic E-state index is -0.398. The van der Waals surface area contributed by atoms with Gasteiger partial charge in [0.1, 0.15) is 11.6 Å². The molecule has 0 unspecified atom stereocenters. The number of aromatic nitrogens is 2. The maximum absolute atomic E-state index is 13.3. The van der Waals surface area contributed by atoms with E-state index in [1.54, 1.807) is 24.3 Å². The number of ether oxygens (including phenoxy) is 1. The molecule has 122 valence electrons. The van der Waals surface area contributed by atoms with Gasteiger partial charge >= 0.3 is 0 Å². The smallest absolute Gasteiger partial charge is 0.267 e. The van der Waals surface area contributed by atoms with Crippen LogP contribution in [0.2, 0.25) is 5.02 Å². The predicted molar refractivity (Wildman–Crippen MR) is 91.0 cm³/mol. The van der Waals surface area contributed by atoms with Crippen molar-refractivity contribution in [2.24, 2.45) is 0 Å². The van der Waals surface area contributed by atoms with Crippen LogP contribution in [0.1, 0.15) is 5.56 Å².